The third kappa shape index (κ3) is 4.90. The quantitative estimate of drug-likeness (QED) is 0.413. The monoisotopic (exact) mass is 328 g/mol. The molecule has 1 aromatic carbocycles. The van der Waals surface area contributed by atoms with Crippen LogP contribution >= 0.6 is 0 Å². The fraction of sp³-hybridized carbons (Fsp3) is 0.357. The van der Waals surface area contributed by atoms with E-state index in [1.165, 1.54) is 22.4 Å². The number of rotatable bonds is 3. The summed E-state index contributed by atoms with van der Waals surface area (Å²) in [5, 5.41) is 4.30. The fourth-order valence-electron chi connectivity index (χ4n) is 2.36. The molecule has 2 aromatic rings. The van der Waals surface area contributed by atoms with Gasteiger partial charge in [-0.25, -0.2) is 0 Å². The molecule has 1 aliphatic carbocycles. The Morgan fingerprint density at radius 2 is 1.95 bits per heavy atom. The van der Waals surface area contributed by atoms with E-state index in [9.17, 15) is 0 Å². The van der Waals surface area contributed by atoms with Gasteiger partial charge in [0.05, 0.1) is 0 Å². The summed E-state index contributed by atoms with van der Waals surface area (Å²) in [6.45, 7) is 3.21. The van der Waals surface area contributed by atoms with Crippen molar-refractivity contribution in [2.24, 2.45) is 0 Å². The second-order valence-corrected chi connectivity index (χ2v) is 4.22. The molecule has 3 rings (SSSR count). The Morgan fingerprint density at radius 1 is 1.24 bits per heavy atom. The van der Waals surface area contributed by atoms with Gasteiger partial charge >= 0.3 is 41.9 Å². The van der Waals surface area contributed by atoms with Crippen molar-refractivity contribution in [3.8, 4) is 11.3 Å². The Bertz CT molecular complexity index is 552. The molecule has 0 saturated heterocycles. The number of benzene rings is 1. The number of aromatic nitrogens is 2. The summed E-state index contributed by atoms with van der Waals surface area (Å²) in [6, 6.07) is 8.52. The van der Waals surface area contributed by atoms with E-state index < -0.39 is 0 Å². The molecule has 0 fully saturated rings. The first-order valence-corrected chi connectivity index (χ1v) is 6.03. The first-order chi connectivity index (χ1) is 8.40. The molecule has 0 unspecified atom stereocenters. The van der Waals surface area contributed by atoms with Crippen LogP contribution < -0.4 is 43.7 Å². The molecule has 0 atom stereocenters. The molecule has 0 radical (unpaired) electrons. The first kappa shape index (κ1) is 23.6. The van der Waals surface area contributed by atoms with Gasteiger partial charge in [-0.1, -0.05) is 47.5 Å². The summed E-state index contributed by atoms with van der Waals surface area (Å²) in [4.78, 5) is 0. The summed E-state index contributed by atoms with van der Waals surface area (Å²) in [5.41, 5.74) is 5.07. The van der Waals surface area contributed by atoms with Crippen LogP contribution in [0.5, 0.6) is 0 Å². The fourth-order valence-corrected chi connectivity index (χ4v) is 2.36. The zero-order valence-electron chi connectivity index (χ0n) is 12.4. The molecule has 1 aliphatic rings. The van der Waals surface area contributed by atoms with Crippen LogP contribution in [0.3, 0.4) is 0 Å². The number of ether oxygens (including phenoxy) is 1. The zero-order valence-corrected chi connectivity index (χ0v) is 15.3. The number of nitrogens with zero attached hydrogens (tertiary/aromatic N) is 2. The molecule has 0 amide bonds. The van der Waals surface area contributed by atoms with Gasteiger partial charge in [-0.2, -0.15) is 5.56 Å². The van der Waals surface area contributed by atoms with Gasteiger partial charge in [-0.05, 0) is 13.3 Å². The summed E-state index contributed by atoms with van der Waals surface area (Å²) in [7, 11) is 0. The Balaban J connectivity index is 0. The number of hydrogen-bond acceptors (Lipinski definition) is 2. The molecule has 7 heteroatoms. The minimum atomic E-state index is 0. The topological polar surface area (TPSA) is 27.1 Å². The van der Waals surface area contributed by atoms with Crippen LogP contribution in [-0.4, -0.2) is 39.4 Å². The average molecular weight is 329 g/mol. The van der Waals surface area contributed by atoms with Crippen LogP contribution in [0.1, 0.15) is 18.1 Å². The van der Waals surface area contributed by atoms with Crippen molar-refractivity contribution in [1.82, 2.24) is 9.78 Å². The van der Waals surface area contributed by atoms with Crippen LogP contribution in [0.15, 0.2) is 24.3 Å². The van der Waals surface area contributed by atoms with Crippen LogP contribution in [-0.2, 0) is 24.3 Å². The summed E-state index contributed by atoms with van der Waals surface area (Å²) >= 11 is 0. The van der Waals surface area contributed by atoms with Gasteiger partial charge in [0, 0.05) is 6.61 Å². The second kappa shape index (κ2) is 11.0. The van der Waals surface area contributed by atoms with E-state index in [0.717, 1.165) is 12.8 Å². The van der Waals surface area contributed by atoms with E-state index >= 15 is 0 Å². The van der Waals surface area contributed by atoms with Crippen LogP contribution in [0.2, 0.25) is 0 Å². The predicted molar refractivity (Wildman–Crippen MR) is 71.3 cm³/mol. The van der Waals surface area contributed by atoms with E-state index in [0.29, 0.717) is 13.3 Å². The standard InChI is InChI=1S/C14H15N2O.2ClH.Li.Mg/c1-2-17-10-16-14-12(9-15-16)8-7-11-5-3-4-6-13(11)14;;;;/h3-6H,2,7-8,10H2,1H3;2*1H;;/q-1;;;+1;+2/p-2. The van der Waals surface area contributed by atoms with E-state index in [1.807, 2.05) is 11.6 Å². The van der Waals surface area contributed by atoms with Crippen molar-refractivity contribution in [3.63, 3.8) is 0 Å². The predicted octanol–water partition coefficient (Wildman–Crippen LogP) is -6.93. The molecule has 0 bridgehead atoms. The van der Waals surface area contributed by atoms with Gasteiger partial charge in [0.15, 0.2) is 0 Å². The molecule has 3 nitrogen and oxygen atoms in total. The number of halogens is 2. The third-order valence-corrected chi connectivity index (χ3v) is 3.18. The van der Waals surface area contributed by atoms with Gasteiger partial charge in [-0.15, -0.1) is 6.20 Å². The molecular weight excluding hydrogens is 314 g/mol. The van der Waals surface area contributed by atoms with Crippen molar-refractivity contribution in [3.05, 3.63) is 41.6 Å². The van der Waals surface area contributed by atoms with Gasteiger partial charge in [0.2, 0.25) is 0 Å². The largest absolute Gasteiger partial charge is 2.00 e. The second-order valence-electron chi connectivity index (χ2n) is 4.22. The molecule has 0 N–H and O–H groups in total. The molecule has 1 aromatic heterocycles. The Hall–Kier alpha value is 0.334. The maximum Gasteiger partial charge on any atom is 2.00 e. The third-order valence-electron chi connectivity index (χ3n) is 3.18. The van der Waals surface area contributed by atoms with Crippen molar-refractivity contribution in [1.29, 1.82) is 0 Å². The zero-order chi connectivity index (χ0) is 11.7. The van der Waals surface area contributed by atoms with E-state index in [4.69, 9.17) is 4.74 Å². The van der Waals surface area contributed by atoms with Crippen LogP contribution in [0, 0.1) is 6.20 Å². The van der Waals surface area contributed by atoms with E-state index in [2.05, 4.69) is 35.6 Å². The van der Waals surface area contributed by atoms with Crippen molar-refractivity contribution in [2.75, 3.05) is 6.61 Å². The molecule has 0 aliphatic heterocycles. The van der Waals surface area contributed by atoms with Gasteiger partial charge in [0.1, 0.15) is 6.73 Å². The van der Waals surface area contributed by atoms with Crippen LogP contribution in [0.25, 0.3) is 11.3 Å². The normalized spacial score (nSPS) is 10.7. The number of hydrogen-bond donors (Lipinski definition) is 0. The molecule has 0 saturated carbocycles. The van der Waals surface area contributed by atoms with Gasteiger partial charge in [0.25, 0.3) is 0 Å². The maximum absolute atomic E-state index is 5.44. The number of fused-ring (bicyclic) bond motifs is 3. The molecule has 104 valence electrons. The van der Waals surface area contributed by atoms with E-state index in [-0.39, 0.29) is 66.7 Å². The number of aryl methyl sites for hydroxylation is 2. The van der Waals surface area contributed by atoms with Crippen LogP contribution in [0.4, 0.5) is 0 Å². The maximum atomic E-state index is 5.44. The van der Waals surface area contributed by atoms with E-state index in [1.54, 1.807) is 0 Å². The minimum Gasteiger partial charge on any atom is -1.00 e. The van der Waals surface area contributed by atoms with Crippen molar-refractivity contribution in [2.45, 2.75) is 26.5 Å². The minimum absolute atomic E-state index is 0. The van der Waals surface area contributed by atoms with Crippen molar-refractivity contribution < 1.29 is 48.4 Å². The molecule has 0 spiro atoms. The summed E-state index contributed by atoms with van der Waals surface area (Å²) in [6.07, 6.45) is 5.22. The summed E-state index contributed by atoms with van der Waals surface area (Å²) in [5.74, 6) is 0. The SMILES string of the molecule is CCOCn1n[c-]c2c1-c1ccccc1CC2.[Cl-].[Cl-].[Li+].[Mg+2]. The Kier molecular flexibility index (Phi) is 12.3. The Labute approximate surface area is 166 Å². The smallest absolute Gasteiger partial charge is 1.00 e. The van der Waals surface area contributed by atoms with Gasteiger partial charge in [-0.3, -0.25) is 0 Å². The molecule has 21 heavy (non-hydrogen) atoms. The average Bonchev–Trinajstić information content (AvgIpc) is 2.80. The summed E-state index contributed by atoms with van der Waals surface area (Å²) < 4.78 is 7.35. The molecule has 1 heterocycles. The first-order valence-electron chi connectivity index (χ1n) is 6.03. The van der Waals surface area contributed by atoms with Gasteiger partial charge < -0.3 is 39.3 Å². The Morgan fingerprint density at radius 3 is 2.67 bits per heavy atom. The van der Waals surface area contributed by atoms with Crippen molar-refractivity contribution >= 4 is 23.1 Å². The molecular formula is C14H15Cl2LiMgN2O.